The zero-order chi connectivity index (χ0) is 20.4. The van der Waals surface area contributed by atoms with Crippen molar-refractivity contribution in [2.45, 2.75) is 70.3 Å². The Hall–Kier alpha value is -2.41. The van der Waals surface area contributed by atoms with Crippen molar-refractivity contribution in [2.24, 2.45) is 0 Å². The molecule has 0 radical (unpaired) electrons. The van der Waals surface area contributed by atoms with Crippen molar-refractivity contribution in [3.63, 3.8) is 0 Å². The fourth-order valence-electron chi connectivity index (χ4n) is 6.10. The maximum Gasteiger partial charge on any atom is 0.213 e. The van der Waals surface area contributed by atoms with E-state index in [4.69, 9.17) is 0 Å². The highest BCUT2D eigenvalue weighted by Gasteiger charge is 2.76. The SMILES string of the molecule is CCC12CC1(CC)[n+]1cc(-c3ccccc3)c(C(C)(C)C)cc1-c1ccccc12. The van der Waals surface area contributed by atoms with Gasteiger partial charge in [-0.05, 0) is 34.6 Å². The fourth-order valence-corrected chi connectivity index (χ4v) is 6.10. The second-order valence-corrected chi connectivity index (χ2v) is 10.0. The summed E-state index contributed by atoms with van der Waals surface area (Å²) >= 11 is 0. The van der Waals surface area contributed by atoms with Gasteiger partial charge in [-0.15, -0.1) is 0 Å². The monoisotopic (exact) mass is 382 g/mol. The Bertz CT molecular complexity index is 1090. The summed E-state index contributed by atoms with van der Waals surface area (Å²) in [6.07, 6.45) is 6.12. The molecule has 1 aliphatic carbocycles. The van der Waals surface area contributed by atoms with Gasteiger partial charge in [0, 0.05) is 24.5 Å². The lowest BCUT2D eigenvalue weighted by Crippen LogP contribution is -2.55. The van der Waals surface area contributed by atoms with Crippen LogP contribution in [0.1, 0.15) is 65.0 Å². The molecule has 1 fully saturated rings. The normalized spacial score (nSPS) is 24.4. The Morgan fingerprint density at radius 1 is 0.862 bits per heavy atom. The van der Waals surface area contributed by atoms with E-state index in [1.165, 1.54) is 47.2 Å². The molecule has 2 unspecified atom stereocenters. The van der Waals surface area contributed by atoms with E-state index in [0.29, 0.717) is 0 Å². The maximum absolute atomic E-state index is 2.66. The zero-order valence-corrected chi connectivity index (χ0v) is 18.4. The summed E-state index contributed by atoms with van der Waals surface area (Å²) in [6.45, 7) is 11.8. The minimum atomic E-state index is 0.0813. The Kier molecular flexibility index (Phi) is 3.88. The van der Waals surface area contributed by atoms with E-state index >= 15 is 0 Å². The smallest absolute Gasteiger partial charge is 0.191 e. The molecule has 29 heavy (non-hydrogen) atoms. The molecular weight excluding hydrogens is 350 g/mol. The third kappa shape index (κ3) is 2.37. The van der Waals surface area contributed by atoms with E-state index in [-0.39, 0.29) is 16.4 Å². The molecule has 3 aromatic rings. The van der Waals surface area contributed by atoms with E-state index in [2.05, 4.69) is 106 Å². The van der Waals surface area contributed by atoms with Crippen LogP contribution < -0.4 is 4.57 Å². The summed E-state index contributed by atoms with van der Waals surface area (Å²) in [7, 11) is 0. The number of rotatable bonds is 3. The Balaban J connectivity index is 1.87. The molecule has 1 aliphatic heterocycles. The van der Waals surface area contributed by atoms with Gasteiger partial charge in [-0.3, -0.25) is 0 Å². The van der Waals surface area contributed by atoms with Gasteiger partial charge < -0.3 is 0 Å². The fraction of sp³-hybridized carbons (Fsp3) is 0.393. The average Bonchev–Trinajstić information content (AvgIpc) is 3.45. The number of fused-ring (bicyclic) bond motifs is 6. The van der Waals surface area contributed by atoms with E-state index in [9.17, 15) is 0 Å². The number of hydrogen-bond acceptors (Lipinski definition) is 0. The third-order valence-electron chi connectivity index (χ3n) is 7.71. The quantitative estimate of drug-likeness (QED) is 0.440. The average molecular weight is 383 g/mol. The highest BCUT2D eigenvalue weighted by molar-refractivity contribution is 5.73. The first-order valence-electron chi connectivity index (χ1n) is 11.1. The molecule has 1 aromatic heterocycles. The molecule has 148 valence electrons. The molecule has 0 amide bonds. The number of hydrogen-bond donors (Lipinski definition) is 0. The Labute approximate surface area is 175 Å². The molecule has 1 nitrogen and oxygen atoms in total. The van der Waals surface area contributed by atoms with E-state index in [0.717, 1.165) is 0 Å². The molecular formula is C28H32N+. The topological polar surface area (TPSA) is 3.88 Å². The van der Waals surface area contributed by atoms with Gasteiger partial charge in [0.1, 0.15) is 0 Å². The summed E-state index contributed by atoms with van der Waals surface area (Å²) in [5, 5.41) is 0. The minimum absolute atomic E-state index is 0.0813. The van der Waals surface area contributed by atoms with Gasteiger partial charge >= 0.3 is 0 Å². The molecule has 0 saturated heterocycles. The zero-order valence-electron chi connectivity index (χ0n) is 18.4. The predicted octanol–water partition coefficient (Wildman–Crippen LogP) is 6.78. The number of nitrogens with zero attached hydrogens (tertiary/aromatic N) is 1. The van der Waals surface area contributed by atoms with Crippen molar-refractivity contribution < 1.29 is 4.57 Å². The molecule has 2 aliphatic rings. The van der Waals surface area contributed by atoms with Crippen LogP contribution in [0.15, 0.2) is 66.9 Å². The first-order valence-corrected chi connectivity index (χ1v) is 11.1. The van der Waals surface area contributed by atoms with Gasteiger partial charge in [0.15, 0.2) is 11.7 Å². The molecule has 2 aromatic carbocycles. The van der Waals surface area contributed by atoms with Gasteiger partial charge in [-0.2, -0.15) is 4.57 Å². The van der Waals surface area contributed by atoms with Crippen LogP contribution >= 0.6 is 0 Å². The highest BCUT2D eigenvalue weighted by Crippen LogP contribution is 2.67. The molecule has 1 saturated carbocycles. The van der Waals surface area contributed by atoms with Crippen molar-refractivity contribution in [3.8, 4) is 22.4 Å². The van der Waals surface area contributed by atoms with Crippen molar-refractivity contribution in [2.75, 3.05) is 0 Å². The molecule has 0 bridgehead atoms. The van der Waals surface area contributed by atoms with Crippen molar-refractivity contribution >= 4 is 0 Å². The Morgan fingerprint density at radius 2 is 1.55 bits per heavy atom. The molecule has 0 N–H and O–H groups in total. The van der Waals surface area contributed by atoms with Crippen molar-refractivity contribution in [1.29, 1.82) is 0 Å². The third-order valence-corrected chi connectivity index (χ3v) is 7.71. The molecule has 2 heterocycles. The lowest BCUT2D eigenvalue weighted by molar-refractivity contribution is -0.735. The second kappa shape index (κ2) is 6.05. The largest absolute Gasteiger partial charge is 0.213 e. The van der Waals surface area contributed by atoms with Crippen LogP contribution in [0.5, 0.6) is 0 Å². The summed E-state index contributed by atoms with van der Waals surface area (Å²) in [5.41, 5.74) is 9.11. The van der Waals surface area contributed by atoms with Crippen molar-refractivity contribution in [3.05, 3.63) is 78.0 Å². The van der Waals surface area contributed by atoms with Gasteiger partial charge in [-0.25, -0.2) is 0 Å². The van der Waals surface area contributed by atoms with E-state index < -0.39 is 0 Å². The molecule has 0 spiro atoms. The van der Waals surface area contributed by atoms with Gasteiger partial charge in [0.25, 0.3) is 0 Å². The summed E-state index contributed by atoms with van der Waals surface area (Å²) in [4.78, 5) is 0. The second-order valence-electron chi connectivity index (χ2n) is 10.0. The first-order chi connectivity index (χ1) is 13.9. The number of pyridine rings is 1. The summed E-state index contributed by atoms with van der Waals surface area (Å²) in [6, 6.07) is 22.6. The molecule has 2 atom stereocenters. The highest BCUT2D eigenvalue weighted by atomic mass is 15.2. The van der Waals surface area contributed by atoms with Crippen LogP contribution in [-0.4, -0.2) is 0 Å². The predicted molar refractivity (Wildman–Crippen MR) is 121 cm³/mol. The van der Waals surface area contributed by atoms with E-state index in [1.807, 2.05) is 0 Å². The molecule has 1 heteroatoms. The summed E-state index contributed by atoms with van der Waals surface area (Å²) in [5.74, 6) is 0. The lowest BCUT2D eigenvalue weighted by atomic mass is 9.77. The van der Waals surface area contributed by atoms with Crippen LogP contribution in [0.4, 0.5) is 0 Å². The van der Waals surface area contributed by atoms with Gasteiger partial charge in [-0.1, -0.05) is 83.1 Å². The van der Waals surface area contributed by atoms with Gasteiger partial charge in [0.2, 0.25) is 5.69 Å². The Morgan fingerprint density at radius 3 is 2.21 bits per heavy atom. The van der Waals surface area contributed by atoms with Gasteiger partial charge in [0.05, 0.1) is 11.0 Å². The maximum atomic E-state index is 2.66. The standard InChI is InChI=1S/C28H32N/c1-6-27-19-28(27,7-2)29-18-22(20-13-9-8-10-14-20)24(26(3,4)5)17-25(29)21-15-11-12-16-23(21)27/h8-18H,6-7,19H2,1-5H3/q+1. The number of benzene rings is 2. The summed E-state index contributed by atoms with van der Waals surface area (Å²) < 4.78 is 2.66. The van der Waals surface area contributed by atoms with Crippen LogP contribution in [0.25, 0.3) is 22.4 Å². The van der Waals surface area contributed by atoms with Crippen molar-refractivity contribution in [1.82, 2.24) is 0 Å². The molecule has 5 rings (SSSR count). The van der Waals surface area contributed by atoms with Crippen LogP contribution in [0.3, 0.4) is 0 Å². The minimum Gasteiger partial charge on any atom is -0.191 e. The van der Waals surface area contributed by atoms with Crippen LogP contribution in [-0.2, 0) is 16.4 Å². The van der Waals surface area contributed by atoms with Crippen LogP contribution in [0, 0.1) is 0 Å². The number of aromatic nitrogens is 1. The van der Waals surface area contributed by atoms with Crippen LogP contribution in [0.2, 0.25) is 0 Å². The van der Waals surface area contributed by atoms with E-state index in [1.54, 1.807) is 5.56 Å². The first kappa shape index (κ1) is 18.6. The lowest BCUT2D eigenvalue weighted by Gasteiger charge is -2.31.